The van der Waals surface area contributed by atoms with E-state index in [2.05, 4.69) is 15.9 Å². The molecule has 0 aliphatic rings. The first kappa shape index (κ1) is 17.3. The van der Waals surface area contributed by atoms with Crippen molar-refractivity contribution in [1.82, 2.24) is 0 Å². The molecule has 0 heterocycles. The van der Waals surface area contributed by atoms with Crippen LogP contribution in [0.2, 0.25) is 0 Å². The molecule has 0 aliphatic carbocycles. The van der Waals surface area contributed by atoms with Crippen molar-refractivity contribution in [1.29, 1.82) is 0 Å². The average Bonchev–Trinajstić information content (AvgIpc) is 2.61. The Hall–Kier alpha value is -2.53. The van der Waals surface area contributed by atoms with Crippen LogP contribution in [0.5, 0.6) is 17.2 Å². The third-order valence-corrected chi connectivity index (χ3v) is 4.30. The molecule has 0 aromatic heterocycles. The van der Waals surface area contributed by atoms with Gasteiger partial charge in [-0.05, 0) is 52.7 Å². The predicted molar refractivity (Wildman–Crippen MR) is 101 cm³/mol. The number of carbonyl (C=O) groups excluding carboxylic acids is 1. The van der Waals surface area contributed by atoms with E-state index >= 15 is 0 Å². The smallest absolute Gasteiger partial charge is 0.315 e. The maximum absolute atomic E-state index is 12.2. The lowest BCUT2D eigenvalue weighted by molar-refractivity contribution is -0.133. The number of carbonyl (C=O) groups is 1. The fourth-order valence-electron chi connectivity index (χ4n) is 2.58. The molecule has 3 aromatic rings. The van der Waals surface area contributed by atoms with Crippen molar-refractivity contribution in [3.05, 3.63) is 64.6 Å². The molecule has 0 unspecified atom stereocenters. The van der Waals surface area contributed by atoms with Gasteiger partial charge in [0, 0.05) is 4.47 Å². The number of esters is 1. The number of hydrogen-bond donors (Lipinski definition) is 0. The Labute approximate surface area is 154 Å². The largest absolute Gasteiger partial charge is 0.493 e. The number of halogens is 1. The second-order valence-corrected chi connectivity index (χ2v) is 6.41. The molecule has 128 valence electrons. The van der Waals surface area contributed by atoms with E-state index in [-0.39, 0.29) is 12.4 Å². The van der Waals surface area contributed by atoms with Crippen molar-refractivity contribution >= 4 is 32.7 Å². The molecule has 0 atom stereocenters. The number of fused-ring (bicyclic) bond motifs is 1. The lowest BCUT2D eigenvalue weighted by atomic mass is 10.1. The topological polar surface area (TPSA) is 44.8 Å². The molecule has 0 aliphatic heterocycles. The minimum Gasteiger partial charge on any atom is -0.493 e. The normalized spacial score (nSPS) is 10.5. The van der Waals surface area contributed by atoms with E-state index in [0.29, 0.717) is 17.2 Å². The highest BCUT2D eigenvalue weighted by Gasteiger charge is 2.10. The highest BCUT2D eigenvalue weighted by molar-refractivity contribution is 9.10. The molecule has 0 N–H and O–H groups in total. The standard InChI is InChI=1S/C20H17BrO4/c1-23-18-8-3-13(9-19(18)24-2)10-20(22)25-17-7-5-14-11-16(21)6-4-15(14)12-17/h3-9,11-12H,10H2,1-2H3. The highest BCUT2D eigenvalue weighted by atomic mass is 79.9. The van der Waals surface area contributed by atoms with E-state index in [1.54, 1.807) is 32.4 Å². The van der Waals surface area contributed by atoms with Crippen LogP contribution < -0.4 is 14.2 Å². The van der Waals surface area contributed by atoms with E-state index in [1.807, 2.05) is 36.4 Å². The molecule has 0 radical (unpaired) electrons. The van der Waals surface area contributed by atoms with Gasteiger partial charge in [0.25, 0.3) is 0 Å². The van der Waals surface area contributed by atoms with Gasteiger partial charge in [0.15, 0.2) is 11.5 Å². The van der Waals surface area contributed by atoms with Crippen LogP contribution in [0.4, 0.5) is 0 Å². The summed E-state index contributed by atoms with van der Waals surface area (Å²) in [6.45, 7) is 0. The molecule has 25 heavy (non-hydrogen) atoms. The second kappa shape index (κ2) is 7.57. The fraction of sp³-hybridized carbons (Fsp3) is 0.150. The van der Waals surface area contributed by atoms with Gasteiger partial charge in [0.05, 0.1) is 20.6 Å². The van der Waals surface area contributed by atoms with Gasteiger partial charge in [-0.15, -0.1) is 0 Å². The van der Waals surface area contributed by atoms with Crippen LogP contribution in [0, 0.1) is 0 Å². The Kier molecular flexibility index (Phi) is 5.24. The van der Waals surface area contributed by atoms with Gasteiger partial charge in [-0.1, -0.05) is 34.1 Å². The zero-order valence-electron chi connectivity index (χ0n) is 13.9. The highest BCUT2D eigenvalue weighted by Crippen LogP contribution is 2.28. The zero-order chi connectivity index (χ0) is 17.8. The Balaban J connectivity index is 1.73. The second-order valence-electron chi connectivity index (χ2n) is 5.49. The number of ether oxygens (including phenoxy) is 3. The van der Waals surface area contributed by atoms with Gasteiger partial charge in [-0.25, -0.2) is 0 Å². The first-order valence-electron chi connectivity index (χ1n) is 7.70. The molecule has 3 aromatic carbocycles. The van der Waals surface area contributed by atoms with Gasteiger partial charge in [0.1, 0.15) is 5.75 Å². The van der Waals surface area contributed by atoms with E-state index in [1.165, 1.54) is 0 Å². The summed E-state index contributed by atoms with van der Waals surface area (Å²) in [5.74, 6) is 1.41. The molecule has 0 spiro atoms. The number of rotatable bonds is 5. The Morgan fingerprint density at radius 1 is 0.880 bits per heavy atom. The maximum atomic E-state index is 12.2. The molecule has 0 amide bonds. The van der Waals surface area contributed by atoms with Crippen LogP contribution in [0.1, 0.15) is 5.56 Å². The Morgan fingerprint density at radius 2 is 1.60 bits per heavy atom. The fourth-order valence-corrected chi connectivity index (χ4v) is 2.96. The number of methoxy groups -OCH3 is 2. The van der Waals surface area contributed by atoms with Crippen molar-refractivity contribution < 1.29 is 19.0 Å². The van der Waals surface area contributed by atoms with E-state index in [9.17, 15) is 4.79 Å². The molecule has 0 fully saturated rings. The summed E-state index contributed by atoms with van der Waals surface area (Å²) in [4.78, 5) is 12.2. The molecule has 0 saturated carbocycles. The summed E-state index contributed by atoms with van der Waals surface area (Å²) in [6.07, 6.45) is 0.152. The van der Waals surface area contributed by atoms with E-state index in [4.69, 9.17) is 14.2 Å². The molecular formula is C20H17BrO4. The van der Waals surface area contributed by atoms with Crippen LogP contribution in [-0.2, 0) is 11.2 Å². The van der Waals surface area contributed by atoms with Crippen LogP contribution in [0.15, 0.2) is 59.1 Å². The lowest BCUT2D eigenvalue weighted by Crippen LogP contribution is -2.11. The monoisotopic (exact) mass is 400 g/mol. The van der Waals surface area contributed by atoms with Crippen LogP contribution in [0.3, 0.4) is 0 Å². The minimum absolute atomic E-state index is 0.152. The van der Waals surface area contributed by atoms with Crippen LogP contribution in [-0.4, -0.2) is 20.2 Å². The van der Waals surface area contributed by atoms with Crippen LogP contribution >= 0.6 is 15.9 Å². The van der Waals surface area contributed by atoms with Gasteiger partial charge >= 0.3 is 5.97 Å². The van der Waals surface area contributed by atoms with Crippen molar-refractivity contribution in [3.8, 4) is 17.2 Å². The quantitative estimate of drug-likeness (QED) is 0.457. The summed E-state index contributed by atoms with van der Waals surface area (Å²) >= 11 is 3.45. The summed E-state index contributed by atoms with van der Waals surface area (Å²) in [6, 6.07) is 16.9. The lowest BCUT2D eigenvalue weighted by Gasteiger charge is -2.10. The summed E-state index contributed by atoms with van der Waals surface area (Å²) < 4.78 is 16.9. The van der Waals surface area contributed by atoms with Crippen molar-refractivity contribution in [2.75, 3.05) is 14.2 Å². The molecular weight excluding hydrogens is 384 g/mol. The molecule has 0 saturated heterocycles. The molecule has 3 rings (SSSR count). The van der Waals surface area contributed by atoms with Gasteiger partial charge in [-0.2, -0.15) is 0 Å². The summed E-state index contributed by atoms with van der Waals surface area (Å²) in [5.41, 5.74) is 0.798. The maximum Gasteiger partial charge on any atom is 0.315 e. The first-order chi connectivity index (χ1) is 12.1. The van der Waals surface area contributed by atoms with Gasteiger partial charge in [-0.3, -0.25) is 4.79 Å². The first-order valence-corrected chi connectivity index (χ1v) is 8.49. The third-order valence-electron chi connectivity index (χ3n) is 3.80. The van der Waals surface area contributed by atoms with E-state index in [0.717, 1.165) is 20.8 Å². The summed E-state index contributed by atoms with van der Waals surface area (Å²) in [7, 11) is 3.14. The zero-order valence-corrected chi connectivity index (χ0v) is 15.5. The Morgan fingerprint density at radius 3 is 2.36 bits per heavy atom. The SMILES string of the molecule is COc1ccc(CC(=O)Oc2ccc3cc(Br)ccc3c2)cc1OC. The minimum atomic E-state index is -0.330. The van der Waals surface area contributed by atoms with E-state index < -0.39 is 0 Å². The predicted octanol–water partition coefficient (Wildman–Crippen LogP) is 4.77. The molecule has 5 heteroatoms. The third kappa shape index (κ3) is 4.12. The van der Waals surface area contributed by atoms with Crippen molar-refractivity contribution in [3.63, 3.8) is 0 Å². The average molecular weight is 401 g/mol. The summed E-state index contributed by atoms with van der Waals surface area (Å²) in [5, 5.41) is 2.09. The van der Waals surface area contributed by atoms with Crippen molar-refractivity contribution in [2.24, 2.45) is 0 Å². The van der Waals surface area contributed by atoms with Crippen LogP contribution in [0.25, 0.3) is 10.8 Å². The van der Waals surface area contributed by atoms with Crippen molar-refractivity contribution in [2.45, 2.75) is 6.42 Å². The Bertz CT molecular complexity index is 921. The molecule has 0 bridgehead atoms. The molecule has 4 nitrogen and oxygen atoms in total. The number of hydrogen-bond acceptors (Lipinski definition) is 4. The number of benzene rings is 3. The van der Waals surface area contributed by atoms with Gasteiger partial charge in [0.2, 0.25) is 0 Å². The van der Waals surface area contributed by atoms with Gasteiger partial charge < -0.3 is 14.2 Å².